The lowest BCUT2D eigenvalue weighted by Gasteiger charge is -2.06. The van der Waals surface area contributed by atoms with Crippen LogP contribution in [0.2, 0.25) is 0 Å². The van der Waals surface area contributed by atoms with Crippen LogP contribution >= 0.6 is 0 Å². The second-order valence-electron chi connectivity index (χ2n) is 4.16. The molecular formula is C15H15N3O. The molecule has 0 unspecified atom stereocenters. The lowest BCUT2D eigenvalue weighted by Crippen LogP contribution is -2.22. The third-order valence-electron chi connectivity index (χ3n) is 2.75. The molecule has 0 heterocycles. The van der Waals surface area contributed by atoms with E-state index in [9.17, 15) is 4.79 Å². The van der Waals surface area contributed by atoms with Crippen LogP contribution in [0.1, 0.15) is 21.5 Å². The Morgan fingerprint density at radius 1 is 1.00 bits per heavy atom. The Morgan fingerprint density at radius 2 is 1.58 bits per heavy atom. The number of nitrogens with two attached hydrogens (primary N) is 1. The van der Waals surface area contributed by atoms with Gasteiger partial charge in [-0.1, -0.05) is 42.5 Å². The van der Waals surface area contributed by atoms with E-state index >= 15 is 0 Å². The fourth-order valence-corrected chi connectivity index (χ4v) is 1.68. The van der Waals surface area contributed by atoms with Gasteiger partial charge >= 0.3 is 0 Å². The monoisotopic (exact) mass is 253 g/mol. The van der Waals surface area contributed by atoms with Gasteiger partial charge < -0.3 is 11.1 Å². The summed E-state index contributed by atoms with van der Waals surface area (Å²) in [6.45, 7) is 0.494. The molecule has 4 N–H and O–H groups in total. The maximum atomic E-state index is 11.9. The van der Waals surface area contributed by atoms with Gasteiger partial charge in [0.1, 0.15) is 5.84 Å². The van der Waals surface area contributed by atoms with Gasteiger partial charge in [0.05, 0.1) is 0 Å². The molecule has 0 atom stereocenters. The molecule has 0 spiro atoms. The molecular weight excluding hydrogens is 238 g/mol. The van der Waals surface area contributed by atoms with Gasteiger partial charge in [0.25, 0.3) is 5.91 Å². The summed E-state index contributed by atoms with van der Waals surface area (Å²) in [5.74, 6) is -0.143. The topological polar surface area (TPSA) is 79.0 Å². The Kier molecular flexibility index (Phi) is 3.93. The van der Waals surface area contributed by atoms with Gasteiger partial charge in [-0.05, 0) is 17.7 Å². The molecule has 0 aromatic heterocycles. The summed E-state index contributed by atoms with van der Waals surface area (Å²) < 4.78 is 0. The van der Waals surface area contributed by atoms with Crippen molar-refractivity contribution in [3.05, 3.63) is 71.3 Å². The molecule has 0 aliphatic carbocycles. The highest BCUT2D eigenvalue weighted by atomic mass is 16.1. The van der Waals surface area contributed by atoms with Crippen LogP contribution in [0.15, 0.2) is 54.6 Å². The fourth-order valence-electron chi connectivity index (χ4n) is 1.68. The Balaban J connectivity index is 1.98. The zero-order chi connectivity index (χ0) is 13.7. The molecule has 1 amide bonds. The van der Waals surface area contributed by atoms with E-state index in [0.717, 1.165) is 5.56 Å². The predicted molar refractivity (Wildman–Crippen MR) is 75.1 cm³/mol. The van der Waals surface area contributed by atoms with Crippen LogP contribution in [0.4, 0.5) is 0 Å². The molecule has 2 rings (SSSR count). The lowest BCUT2D eigenvalue weighted by atomic mass is 10.1. The van der Waals surface area contributed by atoms with Gasteiger partial charge in [-0.25, -0.2) is 0 Å². The molecule has 0 radical (unpaired) electrons. The van der Waals surface area contributed by atoms with Crippen molar-refractivity contribution in [2.24, 2.45) is 5.73 Å². The number of carbonyl (C=O) groups excluding carboxylic acids is 1. The summed E-state index contributed by atoms with van der Waals surface area (Å²) in [6.07, 6.45) is 0. The van der Waals surface area contributed by atoms with Crippen molar-refractivity contribution in [1.82, 2.24) is 5.32 Å². The van der Waals surface area contributed by atoms with Crippen molar-refractivity contribution >= 4 is 11.7 Å². The third kappa shape index (κ3) is 3.42. The number of nitrogens with one attached hydrogen (secondary N) is 2. The normalized spacial score (nSPS) is 9.89. The summed E-state index contributed by atoms with van der Waals surface area (Å²) in [4.78, 5) is 11.9. The zero-order valence-corrected chi connectivity index (χ0v) is 10.4. The van der Waals surface area contributed by atoms with E-state index in [-0.39, 0.29) is 11.7 Å². The van der Waals surface area contributed by atoms with Gasteiger partial charge in [0.2, 0.25) is 0 Å². The highest BCUT2D eigenvalue weighted by Gasteiger charge is 2.05. The molecule has 0 saturated carbocycles. The van der Waals surface area contributed by atoms with Crippen LogP contribution in [0.3, 0.4) is 0 Å². The van der Waals surface area contributed by atoms with E-state index in [1.807, 2.05) is 30.3 Å². The number of benzene rings is 2. The number of amidine groups is 1. The zero-order valence-electron chi connectivity index (χ0n) is 10.4. The molecule has 4 heteroatoms. The first kappa shape index (κ1) is 12.8. The SMILES string of the molecule is N=C(N)c1ccc(C(=O)NCc2ccccc2)cc1. The summed E-state index contributed by atoms with van der Waals surface area (Å²) >= 11 is 0. The molecule has 19 heavy (non-hydrogen) atoms. The quantitative estimate of drug-likeness (QED) is 0.574. The van der Waals surface area contributed by atoms with Crippen LogP contribution < -0.4 is 11.1 Å². The minimum absolute atomic E-state index is 0.00348. The number of carbonyl (C=O) groups is 1. The Hall–Kier alpha value is -2.62. The summed E-state index contributed by atoms with van der Waals surface area (Å²) in [5.41, 5.74) is 7.58. The van der Waals surface area contributed by atoms with Gasteiger partial charge in [0, 0.05) is 17.7 Å². The van der Waals surface area contributed by atoms with E-state index in [1.54, 1.807) is 24.3 Å². The first-order chi connectivity index (χ1) is 9.16. The number of hydrogen-bond acceptors (Lipinski definition) is 2. The van der Waals surface area contributed by atoms with Crippen LogP contribution in [0.25, 0.3) is 0 Å². The highest BCUT2D eigenvalue weighted by molar-refractivity contribution is 5.98. The second-order valence-corrected chi connectivity index (χ2v) is 4.16. The van der Waals surface area contributed by atoms with Crippen molar-refractivity contribution in [3.63, 3.8) is 0 Å². The summed E-state index contributed by atoms with van der Waals surface area (Å²) in [5, 5.41) is 10.1. The smallest absolute Gasteiger partial charge is 0.251 e. The summed E-state index contributed by atoms with van der Waals surface area (Å²) in [7, 11) is 0. The first-order valence-corrected chi connectivity index (χ1v) is 5.93. The Morgan fingerprint density at radius 3 is 2.16 bits per heavy atom. The van der Waals surface area contributed by atoms with E-state index in [2.05, 4.69) is 5.32 Å². The average molecular weight is 253 g/mol. The molecule has 2 aromatic carbocycles. The molecule has 0 saturated heterocycles. The van der Waals surface area contributed by atoms with Crippen molar-refractivity contribution in [2.45, 2.75) is 6.54 Å². The third-order valence-corrected chi connectivity index (χ3v) is 2.75. The lowest BCUT2D eigenvalue weighted by molar-refractivity contribution is 0.0951. The Bertz CT molecular complexity index is 576. The van der Waals surface area contributed by atoms with Crippen LogP contribution in [-0.4, -0.2) is 11.7 Å². The van der Waals surface area contributed by atoms with Gasteiger partial charge in [0.15, 0.2) is 0 Å². The molecule has 0 fully saturated rings. The van der Waals surface area contributed by atoms with E-state index in [4.69, 9.17) is 11.1 Å². The number of hydrogen-bond donors (Lipinski definition) is 3. The minimum atomic E-state index is -0.140. The van der Waals surface area contributed by atoms with E-state index < -0.39 is 0 Å². The fraction of sp³-hybridized carbons (Fsp3) is 0.0667. The maximum absolute atomic E-state index is 11.9. The standard InChI is InChI=1S/C15H15N3O/c16-14(17)12-6-8-13(9-7-12)15(19)18-10-11-4-2-1-3-5-11/h1-9H,10H2,(H3,16,17)(H,18,19). The largest absolute Gasteiger partial charge is 0.384 e. The second kappa shape index (κ2) is 5.82. The number of rotatable bonds is 4. The van der Waals surface area contributed by atoms with Crippen molar-refractivity contribution < 1.29 is 4.79 Å². The number of amides is 1. The van der Waals surface area contributed by atoms with Gasteiger partial charge in [-0.15, -0.1) is 0 Å². The minimum Gasteiger partial charge on any atom is -0.384 e. The van der Waals surface area contributed by atoms with Gasteiger partial charge in [-0.3, -0.25) is 10.2 Å². The average Bonchev–Trinajstić information content (AvgIpc) is 2.46. The highest BCUT2D eigenvalue weighted by Crippen LogP contribution is 2.04. The molecule has 4 nitrogen and oxygen atoms in total. The summed E-state index contributed by atoms with van der Waals surface area (Å²) in [6, 6.07) is 16.4. The van der Waals surface area contributed by atoms with Crippen molar-refractivity contribution in [3.8, 4) is 0 Å². The number of nitrogen functional groups attached to an aromatic ring is 1. The van der Waals surface area contributed by atoms with Crippen LogP contribution in [0.5, 0.6) is 0 Å². The molecule has 96 valence electrons. The molecule has 0 bridgehead atoms. The Labute approximate surface area is 111 Å². The molecule has 0 aliphatic heterocycles. The predicted octanol–water partition coefficient (Wildman–Crippen LogP) is 1.90. The van der Waals surface area contributed by atoms with Crippen LogP contribution in [-0.2, 0) is 6.54 Å². The van der Waals surface area contributed by atoms with E-state index in [0.29, 0.717) is 17.7 Å². The van der Waals surface area contributed by atoms with Crippen molar-refractivity contribution in [1.29, 1.82) is 5.41 Å². The van der Waals surface area contributed by atoms with Gasteiger partial charge in [-0.2, -0.15) is 0 Å². The molecule has 2 aromatic rings. The van der Waals surface area contributed by atoms with E-state index in [1.165, 1.54) is 0 Å². The van der Waals surface area contributed by atoms with Crippen LogP contribution in [0, 0.1) is 5.41 Å². The van der Waals surface area contributed by atoms with Crippen molar-refractivity contribution in [2.75, 3.05) is 0 Å². The first-order valence-electron chi connectivity index (χ1n) is 5.93. The molecule has 0 aliphatic rings. The maximum Gasteiger partial charge on any atom is 0.251 e.